The quantitative estimate of drug-likeness (QED) is 0.790. The van der Waals surface area contributed by atoms with Gasteiger partial charge in [0.15, 0.2) is 0 Å². The van der Waals surface area contributed by atoms with Crippen molar-refractivity contribution in [3.8, 4) is 0 Å². The van der Waals surface area contributed by atoms with E-state index in [0.717, 1.165) is 9.13 Å². The Labute approximate surface area is 120 Å². The molecule has 0 aromatic heterocycles. The van der Waals surface area contributed by atoms with Gasteiger partial charge in [-0.1, -0.05) is 12.1 Å². The van der Waals surface area contributed by atoms with Crippen molar-refractivity contribution in [1.29, 1.82) is 0 Å². The second kappa shape index (κ2) is 5.69. The molecule has 1 aromatic carbocycles. The Bertz CT molecular complexity index is 478. The molecular formula is C13H15IN2O2. The molecule has 1 heterocycles. The van der Waals surface area contributed by atoms with Crippen molar-refractivity contribution < 1.29 is 9.59 Å². The first kappa shape index (κ1) is 13.3. The van der Waals surface area contributed by atoms with Crippen molar-refractivity contribution in [3.63, 3.8) is 0 Å². The van der Waals surface area contributed by atoms with Gasteiger partial charge < -0.3 is 10.6 Å². The largest absolute Gasteiger partial charge is 0.354 e. The maximum absolute atomic E-state index is 12.1. The van der Waals surface area contributed by atoms with Gasteiger partial charge in [-0.05, 0) is 47.6 Å². The minimum absolute atomic E-state index is 0.0338. The monoisotopic (exact) mass is 358 g/mol. The number of halogens is 1. The molecule has 0 saturated carbocycles. The zero-order valence-corrected chi connectivity index (χ0v) is 12.3. The maximum atomic E-state index is 12.1. The number of rotatable bonds is 2. The van der Waals surface area contributed by atoms with Crippen LogP contribution in [0.25, 0.3) is 0 Å². The third-order valence-electron chi connectivity index (χ3n) is 3.04. The molecule has 1 aliphatic heterocycles. The van der Waals surface area contributed by atoms with Crippen molar-refractivity contribution in [2.75, 3.05) is 6.54 Å². The number of amides is 2. The topological polar surface area (TPSA) is 58.2 Å². The van der Waals surface area contributed by atoms with Gasteiger partial charge in [0.25, 0.3) is 5.91 Å². The summed E-state index contributed by atoms with van der Waals surface area (Å²) in [5.41, 5.74) is 1.80. The Morgan fingerprint density at radius 3 is 2.94 bits per heavy atom. The Morgan fingerprint density at radius 2 is 2.28 bits per heavy atom. The molecule has 2 amide bonds. The van der Waals surface area contributed by atoms with Crippen molar-refractivity contribution in [3.05, 3.63) is 32.9 Å². The summed E-state index contributed by atoms with van der Waals surface area (Å²) in [6.45, 7) is 2.51. The number of carbonyl (C=O) groups excluding carboxylic acids is 2. The highest BCUT2D eigenvalue weighted by Crippen LogP contribution is 2.17. The van der Waals surface area contributed by atoms with Crippen LogP contribution < -0.4 is 10.6 Å². The number of aryl methyl sites for hydroxylation is 1. The summed E-state index contributed by atoms with van der Waals surface area (Å²) >= 11 is 2.19. The van der Waals surface area contributed by atoms with Crippen LogP contribution in [0.5, 0.6) is 0 Å². The van der Waals surface area contributed by atoms with Crippen molar-refractivity contribution in [2.45, 2.75) is 25.8 Å². The van der Waals surface area contributed by atoms with Gasteiger partial charge in [-0.3, -0.25) is 9.59 Å². The van der Waals surface area contributed by atoms with Crippen LogP contribution in [0, 0.1) is 10.5 Å². The lowest BCUT2D eigenvalue weighted by molar-refractivity contribution is -0.122. The Morgan fingerprint density at radius 1 is 1.50 bits per heavy atom. The number of hydrogen-bond donors (Lipinski definition) is 2. The van der Waals surface area contributed by atoms with Crippen LogP contribution >= 0.6 is 22.6 Å². The third-order valence-corrected chi connectivity index (χ3v) is 4.47. The van der Waals surface area contributed by atoms with Gasteiger partial charge in [0.05, 0.1) is 5.56 Å². The second-order valence-corrected chi connectivity index (χ2v) is 5.53. The molecule has 0 aliphatic carbocycles. The normalized spacial score (nSPS) is 19.2. The summed E-state index contributed by atoms with van der Waals surface area (Å²) in [5.74, 6) is -0.00474. The first-order valence-corrected chi connectivity index (χ1v) is 6.98. The minimum Gasteiger partial charge on any atom is -0.354 e. The zero-order valence-electron chi connectivity index (χ0n) is 10.1. The first-order chi connectivity index (χ1) is 8.58. The summed E-state index contributed by atoms with van der Waals surface area (Å²) in [6.07, 6.45) is 1.19. The molecule has 0 spiro atoms. The van der Waals surface area contributed by atoms with Gasteiger partial charge in [-0.2, -0.15) is 0 Å². The Kier molecular flexibility index (Phi) is 4.21. The van der Waals surface area contributed by atoms with Crippen LogP contribution in [-0.2, 0) is 4.79 Å². The van der Waals surface area contributed by atoms with Crippen LogP contribution in [0.1, 0.15) is 28.8 Å². The van der Waals surface area contributed by atoms with Gasteiger partial charge in [0.1, 0.15) is 0 Å². The van der Waals surface area contributed by atoms with Gasteiger partial charge >= 0.3 is 0 Å². The average molecular weight is 358 g/mol. The van der Waals surface area contributed by atoms with Crippen molar-refractivity contribution in [2.24, 2.45) is 0 Å². The Hall–Kier alpha value is -1.11. The molecule has 1 fully saturated rings. The number of carbonyl (C=O) groups is 2. The SMILES string of the molecule is Cc1cccc(C(=O)NC2CCC(=O)NC2)c1I. The molecule has 96 valence electrons. The van der Waals surface area contributed by atoms with Crippen LogP contribution in [0.2, 0.25) is 0 Å². The van der Waals surface area contributed by atoms with E-state index in [1.165, 1.54) is 0 Å². The number of piperidine rings is 1. The van der Waals surface area contributed by atoms with Crippen molar-refractivity contribution in [1.82, 2.24) is 10.6 Å². The van der Waals surface area contributed by atoms with Crippen LogP contribution in [0.3, 0.4) is 0 Å². The smallest absolute Gasteiger partial charge is 0.252 e. The molecule has 4 nitrogen and oxygen atoms in total. The number of benzene rings is 1. The molecule has 1 unspecified atom stereocenters. The summed E-state index contributed by atoms with van der Waals surface area (Å²) in [4.78, 5) is 23.2. The summed E-state index contributed by atoms with van der Waals surface area (Å²) in [6, 6.07) is 5.73. The zero-order chi connectivity index (χ0) is 13.1. The van der Waals surface area contributed by atoms with Gasteiger partial charge in [-0.25, -0.2) is 0 Å². The average Bonchev–Trinajstić information content (AvgIpc) is 2.35. The second-order valence-electron chi connectivity index (χ2n) is 4.45. The molecule has 1 atom stereocenters. The number of hydrogen-bond acceptors (Lipinski definition) is 2. The molecule has 2 rings (SSSR count). The number of nitrogens with one attached hydrogen (secondary N) is 2. The Balaban J connectivity index is 2.03. The molecule has 1 saturated heterocycles. The van der Waals surface area contributed by atoms with E-state index in [-0.39, 0.29) is 17.9 Å². The third kappa shape index (κ3) is 3.01. The lowest BCUT2D eigenvalue weighted by Gasteiger charge is -2.23. The predicted octanol–water partition coefficient (Wildman–Crippen LogP) is 1.61. The molecule has 0 radical (unpaired) electrons. The van der Waals surface area contributed by atoms with Gasteiger partial charge in [0.2, 0.25) is 5.91 Å². The maximum Gasteiger partial charge on any atom is 0.252 e. The van der Waals surface area contributed by atoms with E-state index in [2.05, 4.69) is 33.2 Å². The highest BCUT2D eigenvalue weighted by molar-refractivity contribution is 14.1. The highest BCUT2D eigenvalue weighted by Gasteiger charge is 2.21. The standard InChI is InChI=1S/C13H15IN2O2/c1-8-3-2-4-10(12(8)14)13(18)16-9-5-6-11(17)15-7-9/h2-4,9H,5-7H2,1H3,(H,15,17)(H,16,18). The molecule has 2 N–H and O–H groups in total. The van der Waals surface area contributed by atoms with Crippen molar-refractivity contribution >= 4 is 34.4 Å². The molecule has 1 aliphatic rings. The predicted molar refractivity (Wildman–Crippen MR) is 77.4 cm³/mol. The summed E-state index contributed by atoms with van der Waals surface area (Å²) in [7, 11) is 0. The summed E-state index contributed by atoms with van der Waals surface area (Å²) < 4.78 is 0.979. The van der Waals surface area contributed by atoms with E-state index in [0.29, 0.717) is 24.9 Å². The van der Waals surface area contributed by atoms with E-state index in [1.807, 2.05) is 25.1 Å². The lowest BCUT2D eigenvalue weighted by atomic mass is 10.1. The van der Waals surface area contributed by atoms with Gasteiger partial charge in [-0.15, -0.1) is 0 Å². The molecule has 5 heteroatoms. The van der Waals surface area contributed by atoms with Crippen LogP contribution in [0.15, 0.2) is 18.2 Å². The minimum atomic E-state index is -0.0655. The van der Waals surface area contributed by atoms with Crippen LogP contribution in [-0.4, -0.2) is 24.4 Å². The van der Waals surface area contributed by atoms with E-state index in [4.69, 9.17) is 0 Å². The van der Waals surface area contributed by atoms with Crippen LogP contribution in [0.4, 0.5) is 0 Å². The fourth-order valence-electron chi connectivity index (χ4n) is 1.94. The fourth-order valence-corrected chi connectivity index (χ4v) is 2.55. The molecule has 18 heavy (non-hydrogen) atoms. The molecule has 1 aromatic rings. The van der Waals surface area contributed by atoms with E-state index in [1.54, 1.807) is 0 Å². The molecule has 0 bridgehead atoms. The first-order valence-electron chi connectivity index (χ1n) is 5.90. The molecular weight excluding hydrogens is 343 g/mol. The lowest BCUT2D eigenvalue weighted by Crippen LogP contribution is -2.47. The van der Waals surface area contributed by atoms with E-state index < -0.39 is 0 Å². The summed E-state index contributed by atoms with van der Waals surface area (Å²) in [5, 5.41) is 5.72. The van der Waals surface area contributed by atoms with E-state index >= 15 is 0 Å². The van der Waals surface area contributed by atoms with Gasteiger partial charge in [0, 0.05) is 22.6 Å². The highest BCUT2D eigenvalue weighted by atomic mass is 127. The fraction of sp³-hybridized carbons (Fsp3) is 0.385. The van der Waals surface area contributed by atoms with E-state index in [9.17, 15) is 9.59 Å².